The average molecular weight is 408 g/mol. The lowest BCUT2D eigenvalue weighted by atomic mass is 9.65. The largest absolute Gasteiger partial charge is 0.335 e. The zero-order chi connectivity index (χ0) is 19.6. The Kier molecular flexibility index (Phi) is 4.09. The average Bonchev–Trinajstić information content (AvgIpc) is 2.99. The molecular formula is C19H25N3O3S2. The number of aromatic nitrogens is 1. The second-order valence-corrected chi connectivity index (χ2v) is 12.0. The van der Waals surface area contributed by atoms with Crippen LogP contribution in [0.25, 0.3) is 10.2 Å². The molecule has 27 heavy (non-hydrogen) atoms. The predicted molar refractivity (Wildman–Crippen MR) is 109 cm³/mol. The van der Waals surface area contributed by atoms with Gasteiger partial charge in [-0.05, 0) is 48.3 Å². The van der Waals surface area contributed by atoms with E-state index in [1.165, 1.54) is 11.3 Å². The zero-order valence-electron chi connectivity index (χ0n) is 16.1. The number of carbonyl (C=O) groups excluding carboxylic acids is 1. The highest BCUT2D eigenvalue weighted by Gasteiger charge is 2.51. The van der Waals surface area contributed by atoms with Crippen molar-refractivity contribution in [2.24, 2.45) is 10.8 Å². The molecule has 0 radical (unpaired) electrons. The number of fused-ring (bicyclic) bond motifs is 3. The van der Waals surface area contributed by atoms with E-state index >= 15 is 0 Å². The van der Waals surface area contributed by atoms with Crippen LogP contribution >= 0.6 is 11.3 Å². The van der Waals surface area contributed by atoms with E-state index < -0.39 is 10.0 Å². The summed E-state index contributed by atoms with van der Waals surface area (Å²) in [6.07, 6.45) is 4.36. The molecule has 1 aromatic carbocycles. The highest BCUT2D eigenvalue weighted by atomic mass is 32.2. The predicted octanol–water partition coefficient (Wildman–Crippen LogP) is 3.71. The molecule has 6 nitrogen and oxygen atoms in total. The summed E-state index contributed by atoms with van der Waals surface area (Å²) < 4.78 is 26.0. The van der Waals surface area contributed by atoms with Crippen LogP contribution in [0.15, 0.2) is 18.2 Å². The van der Waals surface area contributed by atoms with Crippen LogP contribution in [-0.4, -0.2) is 43.1 Å². The van der Waals surface area contributed by atoms with Crippen LogP contribution in [0.3, 0.4) is 0 Å². The minimum Gasteiger partial charge on any atom is -0.335 e. The van der Waals surface area contributed by atoms with Crippen LogP contribution in [-0.2, 0) is 10.0 Å². The standard InChI is InChI=1S/C19H25N3O3S2/c1-18(2)8-13-9-19(3,10-18)11-22(13)16(23)12-5-6-14-15(7-12)26-17(20-14)21-27(4,24)25/h5-7,13H,8-11H2,1-4H3,(H,20,21)/t13-,19+/m0/s1. The molecular weight excluding hydrogens is 382 g/mol. The molecule has 8 heteroatoms. The van der Waals surface area contributed by atoms with Gasteiger partial charge in [0.1, 0.15) is 0 Å². The van der Waals surface area contributed by atoms with Crippen molar-refractivity contribution in [3.05, 3.63) is 23.8 Å². The number of thiazole rings is 1. The summed E-state index contributed by atoms with van der Waals surface area (Å²) in [7, 11) is -3.37. The van der Waals surface area contributed by atoms with Crippen molar-refractivity contribution in [3.63, 3.8) is 0 Å². The van der Waals surface area contributed by atoms with E-state index in [9.17, 15) is 13.2 Å². The van der Waals surface area contributed by atoms with Gasteiger partial charge in [0, 0.05) is 18.2 Å². The third-order valence-corrected chi connectivity index (χ3v) is 7.21. The number of nitrogens with one attached hydrogen (secondary N) is 1. The molecule has 0 unspecified atom stereocenters. The minimum atomic E-state index is -3.37. The van der Waals surface area contributed by atoms with Crippen molar-refractivity contribution >= 4 is 42.6 Å². The smallest absolute Gasteiger partial charge is 0.254 e. The normalized spacial score (nSPS) is 27.1. The number of nitrogens with zero attached hydrogens (tertiary/aromatic N) is 2. The number of benzene rings is 1. The number of amides is 1. The second-order valence-electron chi connectivity index (χ2n) is 9.22. The van der Waals surface area contributed by atoms with Crippen molar-refractivity contribution in [2.45, 2.75) is 46.1 Å². The first-order valence-electron chi connectivity index (χ1n) is 9.13. The summed E-state index contributed by atoms with van der Waals surface area (Å²) in [6, 6.07) is 5.72. The second kappa shape index (κ2) is 5.91. The third kappa shape index (κ3) is 3.69. The van der Waals surface area contributed by atoms with Crippen LogP contribution in [0, 0.1) is 10.8 Å². The maximum atomic E-state index is 13.2. The quantitative estimate of drug-likeness (QED) is 0.841. The molecule has 1 N–H and O–H groups in total. The first-order valence-corrected chi connectivity index (χ1v) is 11.8. The van der Waals surface area contributed by atoms with Gasteiger partial charge < -0.3 is 4.90 Å². The molecule has 2 heterocycles. The van der Waals surface area contributed by atoms with E-state index in [0.29, 0.717) is 22.3 Å². The Labute approximate surface area is 164 Å². The number of hydrogen-bond donors (Lipinski definition) is 1. The highest BCUT2D eigenvalue weighted by molar-refractivity contribution is 7.92. The van der Waals surface area contributed by atoms with E-state index in [4.69, 9.17) is 0 Å². The van der Waals surface area contributed by atoms with Crippen molar-refractivity contribution < 1.29 is 13.2 Å². The van der Waals surface area contributed by atoms with Crippen molar-refractivity contribution in [3.8, 4) is 0 Å². The molecule has 4 rings (SSSR count). The van der Waals surface area contributed by atoms with E-state index in [2.05, 4.69) is 30.5 Å². The molecule has 0 spiro atoms. The first kappa shape index (κ1) is 18.7. The van der Waals surface area contributed by atoms with Gasteiger partial charge in [0.15, 0.2) is 5.13 Å². The summed E-state index contributed by atoms with van der Waals surface area (Å²) >= 11 is 1.24. The van der Waals surface area contributed by atoms with Gasteiger partial charge in [0.05, 0.1) is 16.5 Å². The summed E-state index contributed by atoms with van der Waals surface area (Å²) in [5.41, 5.74) is 1.80. The van der Waals surface area contributed by atoms with Crippen LogP contribution in [0.2, 0.25) is 0 Å². The van der Waals surface area contributed by atoms with Crippen LogP contribution in [0.5, 0.6) is 0 Å². The molecule has 1 aromatic heterocycles. The van der Waals surface area contributed by atoms with Gasteiger partial charge in [-0.2, -0.15) is 0 Å². The Morgan fingerprint density at radius 2 is 2.04 bits per heavy atom. The van der Waals surface area contributed by atoms with Gasteiger partial charge >= 0.3 is 0 Å². The van der Waals surface area contributed by atoms with Crippen LogP contribution in [0.4, 0.5) is 5.13 Å². The van der Waals surface area contributed by atoms with Crippen LogP contribution in [0.1, 0.15) is 50.4 Å². The Balaban J connectivity index is 1.62. The van der Waals surface area contributed by atoms with Gasteiger partial charge in [0.2, 0.25) is 10.0 Å². The number of carbonyl (C=O) groups is 1. The lowest BCUT2D eigenvalue weighted by Crippen LogP contribution is -2.37. The minimum absolute atomic E-state index is 0.0642. The molecule has 1 saturated carbocycles. The fraction of sp³-hybridized carbons (Fsp3) is 0.579. The lowest BCUT2D eigenvalue weighted by molar-refractivity contribution is 0.0708. The molecule has 1 saturated heterocycles. The number of anilines is 1. The Hall–Kier alpha value is -1.67. The Morgan fingerprint density at radius 1 is 1.30 bits per heavy atom. The molecule has 1 aliphatic heterocycles. The van der Waals surface area contributed by atoms with Gasteiger partial charge in [-0.25, -0.2) is 13.4 Å². The van der Waals surface area contributed by atoms with Gasteiger partial charge in [-0.15, -0.1) is 0 Å². The molecule has 2 atom stereocenters. The number of rotatable bonds is 3. The topological polar surface area (TPSA) is 79.4 Å². The van der Waals surface area contributed by atoms with E-state index in [-0.39, 0.29) is 16.7 Å². The molecule has 2 aliphatic rings. The van der Waals surface area contributed by atoms with Gasteiger partial charge in [-0.1, -0.05) is 32.1 Å². The Bertz CT molecular complexity index is 1030. The third-order valence-electron chi connectivity index (χ3n) is 5.58. The number of likely N-dealkylation sites (tertiary alicyclic amines) is 1. The molecule has 1 aliphatic carbocycles. The number of sulfonamides is 1. The maximum Gasteiger partial charge on any atom is 0.254 e. The van der Waals surface area contributed by atoms with Gasteiger partial charge in [-0.3, -0.25) is 9.52 Å². The van der Waals surface area contributed by atoms with E-state index in [0.717, 1.165) is 36.8 Å². The van der Waals surface area contributed by atoms with Crippen LogP contribution < -0.4 is 4.72 Å². The molecule has 2 aromatic rings. The summed E-state index contributed by atoms with van der Waals surface area (Å²) in [5.74, 6) is 0.0642. The molecule has 1 amide bonds. The van der Waals surface area contributed by atoms with Gasteiger partial charge in [0.25, 0.3) is 5.91 Å². The maximum absolute atomic E-state index is 13.2. The summed E-state index contributed by atoms with van der Waals surface area (Å²) in [6.45, 7) is 7.70. The fourth-order valence-corrected chi connectivity index (χ4v) is 6.86. The summed E-state index contributed by atoms with van der Waals surface area (Å²) in [4.78, 5) is 19.6. The monoisotopic (exact) mass is 407 g/mol. The van der Waals surface area contributed by atoms with E-state index in [1.54, 1.807) is 12.1 Å². The number of hydrogen-bond acceptors (Lipinski definition) is 5. The highest BCUT2D eigenvalue weighted by Crippen LogP contribution is 2.52. The fourth-order valence-electron chi connectivity index (χ4n) is 5.12. The molecule has 2 fully saturated rings. The van der Waals surface area contributed by atoms with Crippen molar-refractivity contribution in [1.29, 1.82) is 0 Å². The lowest BCUT2D eigenvalue weighted by Gasteiger charge is -2.39. The van der Waals surface area contributed by atoms with E-state index in [1.807, 2.05) is 11.0 Å². The molecule has 2 bridgehead atoms. The van der Waals surface area contributed by atoms with Crippen molar-refractivity contribution in [1.82, 2.24) is 9.88 Å². The summed E-state index contributed by atoms with van der Waals surface area (Å²) in [5, 5.41) is 0.323. The SMILES string of the molecule is CC1(C)C[C@H]2C[C@@](C)(CN2C(=O)c2ccc3nc(NS(C)(=O)=O)sc3c2)C1. The first-order chi connectivity index (χ1) is 12.4. The van der Waals surface area contributed by atoms with Crippen molar-refractivity contribution in [2.75, 3.05) is 17.5 Å². The molecule has 146 valence electrons. The Morgan fingerprint density at radius 3 is 2.74 bits per heavy atom. The zero-order valence-corrected chi connectivity index (χ0v) is 17.7.